The summed E-state index contributed by atoms with van der Waals surface area (Å²) in [6.45, 7) is 12.1. The normalized spacial score (nSPS) is 12.6. The van der Waals surface area contributed by atoms with Crippen LogP contribution in [0.15, 0.2) is 18.3 Å². The molecular weight excluding hydrogens is 220 g/mol. The van der Waals surface area contributed by atoms with Crippen LogP contribution in [-0.2, 0) is 6.42 Å². The largest absolute Gasteiger partial charge is 0.328 e. The molecular formula is C16H32N2. The first kappa shape index (κ1) is 19.4. The zero-order valence-corrected chi connectivity index (χ0v) is 13.2. The smallest absolute Gasteiger partial charge is 0.0372 e. The van der Waals surface area contributed by atoms with Crippen molar-refractivity contribution in [3.63, 3.8) is 0 Å². The quantitative estimate of drug-likeness (QED) is 0.799. The van der Waals surface area contributed by atoms with E-state index in [0.717, 1.165) is 12.1 Å². The van der Waals surface area contributed by atoms with Crippen LogP contribution in [0.1, 0.15) is 65.1 Å². The van der Waals surface area contributed by atoms with Crippen molar-refractivity contribution in [1.82, 2.24) is 4.98 Å². The van der Waals surface area contributed by atoms with Crippen molar-refractivity contribution >= 4 is 0 Å². The van der Waals surface area contributed by atoms with Crippen molar-refractivity contribution in [3.8, 4) is 0 Å². The molecule has 0 aromatic carbocycles. The second-order valence-electron chi connectivity index (χ2n) is 3.85. The van der Waals surface area contributed by atoms with Crippen LogP contribution in [0.5, 0.6) is 0 Å². The second kappa shape index (κ2) is 14.2. The number of nitrogens with two attached hydrogens (primary N) is 1. The van der Waals surface area contributed by atoms with Crippen LogP contribution >= 0.6 is 0 Å². The third-order valence-electron chi connectivity index (χ3n) is 2.53. The number of nitrogens with zero attached hydrogens (tertiary/aromatic N) is 1. The highest BCUT2D eigenvalue weighted by atomic mass is 14.7. The first-order chi connectivity index (χ1) is 8.72. The molecule has 2 heteroatoms. The van der Waals surface area contributed by atoms with Gasteiger partial charge in [0.25, 0.3) is 0 Å². The zero-order chi connectivity index (χ0) is 14.4. The van der Waals surface area contributed by atoms with E-state index in [4.69, 9.17) is 5.73 Å². The average molecular weight is 252 g/mol. The summed E-state index contributed by atoms with van der Waals surface area (Å²) in [6.07, 6.45) is 6.89. The van der Waals surface area contributed by atoms with Crippen LogP contribution in [0.3, 0.4) is 0 Å². The van der Waals surface area contributed by atoms with Crippen LogP contribution in [0.25, 0.3) is 0 Å². The molecule has 2 nitrogen and oxygen atoms in total. The molecule has 1 fully saturated rings. The summed E-state index contributed by atoms with van der Waals surface area (Å²) in [5.41, 5.74) is 7.77. The van der Waals surface area contributed by atoms with Gasteiger partial charge in [0.2, 0.25) is 0 Å². The van der Waals surface area contributed by atoms with Crippen LogP contribution in [0, 0.1) is 6.92 Å². The summed E-state index contributed by atoms with van der Waals surface area (Å²) >= 11 is 0. The fourth-order valence-electron chi connectivity index (χ4n) is 1.15. The van der Waals surface area contributed by atoms with Crippen molar-refractivity contribution in [2.75, 3.05) is 0 Å². The van der Waals surface area contributed by atoms with Crippen LogP contribution in [0.4, 0.5) is 0 Å². The predicted octanol–water partition coefficient (Wildman–Crippen LogP) is 4.50. The Labute approximate surface area is 114 Å². The van der Waals surface area contributed by atoms with Crippen molar-refractivity contribution < 1.29 is 0 Å². The summed E-state index contributed by atoms with van der Waals surface area (Å²) in [5.74, 6) is 0. The van der Waals surface area contributed by atoms with Gasteiger partial charge in [0.05, 0.1) is 0 Å². The van der Waals surface area contributed by atoms with Crippen molar-refractivity contribution in [1.29, 1.82) is 0 Å². The van der Waals surface area contributed by atoms with E-state index in [-0.39, 0.29) is 0 Å². The van der Waals surface area contributed by atoms with Crippen LogP contribution in [-0.4, -0.2) is 11.0 Å². The van der Waals surface area contributed by atoms with Gasteiger partial charge in [-0.2, -0.15) is 0 Å². The van der Waals surface area contributed by atoms with Gasteiger partial charge in [0.15, 0.2) is 0 Å². The second-order valence-corrected chi connectivity index (χ2v) is 3.85. The molecule has 0 aliphatic heterocycles. The highest BCUT2D eigenvalue weighted by Crippen LogP contribution is 2.14. The third-order valence-corrected chi connectivity index (χ3v) is 2.53. The standard InChI is InChI=1S/C8H11N.C4H9N.2C2H6/c1-3-8-5-4-7(2)9-6-8;5-4-2-1-3-4;2*1-2/h4-6H,3H2,1-2H3;4H,1-3,5H2;2*1-2H3. The van der Waals surface area contributed by atoms with E-state index in [0.29, 0.717) is 6.04 Å². The number of rotatable bonds is 1. The summed E-state index contributed by atoms with van der Waals surface area (Å²) < 4.78 is 0. The van der Waals surface area contributed by atoms with E-state index in [9.17, 15) is 0 Å². The van der Waals surface area contributed by atoms with Gasteiger partial charge in [0.1, 0.15) is 0 Å². The van der Waals surface area contributed by atoms with Crippen molar-refractivity contribution in [2.24, 2.45) is 5.73 Å². The monoisotopic (exact) mass is 252 g/mol. The Balaban J connectivity index is 0. The molecule has 0 bridgehead atoms. The van der Waals surface area contributed by atoms with Crippen molar-refractivity contribution in [3.05, 3.63) is 29.6 Å². The lowest BCUT2D eigenvalue weighted by atomic mass is 9.95. The van der Waals surface area contributed by atoms with E-state index >= 15 is 0 Å². The summed E-state index contributed by atoms with van der Waals surface area (Å²) in [7, 11) is 0. The molecule has 1 heterocycles. The van der Waals surface area contributed by atoms with E-state index in [1.807, 2.05) is 46.9 Å². The minimum Gasteiger partial charge on any atom is -0.328 e. The van der Waals surface area contributed by atoms with E-state index in [1.165, 1.54) is 24.8 Å². The minimum atomic E-state index is 0.565. The van der Waals surface area contributed by atoms with Gasteiger partial charge in [-0.25, -0.2) is 0 Å². The van der Waals surface area contributed by atoms with Gasteiger partial charge in [-0.15, -0.1) is 0 Å². The van der Waals surface area contributed by atoms with Crippen LogP contribution < -0.4 is 5.73 Å². The Morgan fingerprint density at radius 3 is 1.89 bits per heavy atom. The number of hydrogen-bond donors (Lipinski definition) is 1. The molecule has 1 saturated carbocycles. The maximum Gasteiger partial charge on any atom is 0.0372 e. The molecule has 2 N–H and O–H groups in total. The number of pyridine rings is 1. The van der Waals surface area contributed by atoms with Gasteiger partial charge in [-0.05, 0) is 37.8 Å². The Hall–Kier alpha value is -0.890. The Kier molecular flexibility index (Phi) is 15.3. The maximum atomic E-state index is 5.38. The molecule has 106 valence electrons. The van der Waals surface area contributed by atoms with E-state index in [2.05, 4.69) is 18.0 Å². The van der Waals surface area contributed by atoms with Gasteiger partial charge in [0, 0.05) is 17.9 Å². The number of aryl methyl sites for hydroxylation is 2. The number of aromatic nitrogens is 1. The predicted molar refractivity (Wildman–Crippen MR) is 82.9 cm³/mol. The van der Waals surface area contributed by atoms with Crippen LogP contribution in [0.2, 0.25) is 0 Å². The third kappa shape index (κ3) is 10.3. The van der Waals surface area contributed by atoms with Gasteiger partial charge in [-0.3, -0.25) is 4.98 Å². The fraction of sp³-hybridized carbons (Fsp3) is 0.688. The average Bonchev–Trinajstić information content (AvgIpc) is 2.42. The van der Waals surface area contributed by atoms with Gasteiger partial charge in [-0.1, -0.05) is 47.1 Å². The van der Waals surface area contributed by atoms with E-state index < -0.39 is 0 Å². The molecule has 1 aliphatic rings. The topological polar surface area (TPSA) is 38.9 Å². The first-order valence-electron chi connectivity index (χ1n) is 7.39. The minimum absolute atomic E-state index is 0.565. The van der Waals surface area contributed by atoms with Gasteiger partial charge >= 0.3 is 0 Å². The molecule has 0 unspecified atom stereocenters. The summed E-state index contributed by atoms with van der Waals surface area (Å²) in [5, 5.41) is 0. The molecule has 1 aliphatic carbocycles. The lowest BCUT2D eigenvalue weighted by Crippen LogP contribution is -2.27. The molecule has 0 spiro atoms. The summed E-state index contributed by atoms with van der Waals surface area (Å²) in [6, 6.07) is 4.72. The van der Waals surface area contributed by atoms with Crippen molar-refractivity contribution in [2.45, 2.75) is 73.3 Å². The molecule has 0 atom stereocenters. The molecule has 0 amide bonds. The lowest BCUT2D eigenvalue weighted by molar-refractivity contribution is 0.418. The molecule has 0 saturated heterocycles. The van der Waals surface area contributed by atoms with E-state index in [1.54, 1.807) is 0 Å². The molecule has 0 radical (unpaired) electrons. The molecule has 1 aromatic rings. The lowest BCUT2D eigenvalue weighted by Gasteiger charge is -2.18. The maximum absolute atomic E-state index is 5.38. The molecule has 1 aromatic heterocycles. The Bertz CT molecular complexity index is 250. The fourth-order valence-corrected chi connectivity index (χ4v) is 1.15. The first-order valence-corrected chi connectivity index (χ1v) is 7.39. The zero-order valence-electron chi connectivity index (χ0n) is 13.2. The highest BCUT2D eigenvalue weighted by Gasteiger charge is 2.09. The number of hydrogen-bond acceptors (Lipinski definition) is 2. The highest BCUT2D eigenvalue weighted by molar-refractivity contribution is 5.12. The van der Waals surface area contributed by atoms with Gasteiger partial charge < -0.3 is 5.73 Å². The molecule has 2 rings (SSSR count). The summed E-state index contributed by atoms with van der Waals surface area (Å²) in [4.78, 5) is 4.15. The Morgan fingerprint density at radius 2 is 1.67 bits per heavy atom. The Morgan fingerprint density at radius 1 is 1.17 bits per heavy atom. The molecule has 18 heavy (non-hydrogen) atoms. The SMILES string of the molecule is CC.CC.CCc1ccc(C)nc1.NC1CCC1.